The van der Waals surface area contributed by atoms with Crippen molar-refractivity contribution < 1.29 is 0 Å². The van der Waals surface area contributed by atoms with Gasteiger partial charge in [0.25, 0.3) is 0 Å². The van der Waals surface area contributed by atoms with Crippen LogP contribution in [0.25, 0.3) is 0 Å². The van der Waals surface area contributed by atoms with Gasteiger partial charge in [-0.15, -0.1) is 0 Å². The van der Waals surface area contributed by atoms with E-state index in [1.54, 1.807) is 5.01 Å². The van der Waals surface area contributed by atoms with Crippen molar-refractivity contribution >= 4 is 6.72 Å². The number of rotatable bonds is 2. The summed E-state index contributed by atoms with van der Waals surface area (Å²) in [6.07, 6.45) is 7.42. The molecule has 0 saturated carbocycles. The third kappa shape index (κ3) is 1.99. The summed E-state index contributed by atoms with van der Waals surface area (Å²) in [5.74, 6) is 0.498. The molecule has 0 aromatic carbocycles. The summed E-state index contributed by atoms with van der Waals surface area (Å²) in [4.78, 5) is 0. The fraction of sp³-hybridized carbons (Fsp3) is 0.300. The zero-order valence-electron chi connectivity index (χ0n) is 8.07. The van der Waals surface area contributed by atoms with Crippen molar-refractivity contribution in [2.45, 2.75) is 13.8 Å². The van der Waals surface area contributed by atoms with Gasteiger partial charge in [-0.05, 0) is 23.6 Å². The summed E-state index contributed by atoms with van der Waals surface area (Å²) >= 11 is 0. The number of hydrazone groups is 1. The lowest BCUT2D eigenvalue weighted by Crippen LogP contribution is -2.13. The van der Waals surface area contributed by atoms with E-state index in [9.17, 15) is 0 Å². The molecule has 0 bridgehead atoms. The van der Waals surface area contributed by atoms with E-state index in [0.717, 1.165) is 5.70 Å². The molecular weight excluding hydrogens is 162 g/mol. The van der Waals surface area contributed by atoms with Crippen LogP contribution in [0.5, 0.6) is 0 Å². The Balaban J connectivity index is 2.93. The molecule has 13 heavy (non-hydrogen) atoms. The van der Waals surface area contributed by atoms with E-state index in [4.69, 9.17) is 5.73 Å². The van der Waals surface area contributed by atoms with Crippen LogP contribution >= 0.6 is 0 Å². The Labute approximate surface area is 78.9 Å². The predicted octanol–water partition coefficient (Wildman–Crippen LogP) is 1.81. The first kappa shape index (κ1) is 9.58. The van der Waals surface area contributed by atoms with Crippen LogP contribution < -0.4 is 5.73 Å². The lowest BCUT2D eigenvalue weighted by Gasteiger charge is -2.20. The Morgan fingerprint density at radius 3 is 2.77 bits per heavy atom. The lowest BCUT2D eigenvalue weighted by molar-refractivity contribution is 0.507. The van der Waals surface area contributed by atoms with Crippen LogP contribution in [0.1, 0.15) is 13.8 Å². The molecule has 70 valence electrons. The molecule has 0 fully saturated rings. The first-order valence-electron chi connectivity index (χ1n) is 4.26. The highest BCUT2D eigenvalue weighted by molar-refractivity contribution is 5.37. The van der Waals surface area contributed by atoms with Crippen molar-refractivity contribution in [2.75, 3.05) is 0 Å². The van der Waals surface area contributed by atoms with Gasteiger partial charge in [-0.2, -0.15) is 5.10 Å². The second kappa shape index (κ2) is 3.94. The monoisotopic (exact) mass is 177 g/mol. The second-order valence-electron chi connectivity index (χ2n) is 3.19. The van der Waals surface area contributed by atoms with Crippen LogP contribution in [0.3, 0.4) is 0 Å². The number of allylic oxidation sites excluding steroid dienone is 3. The summed E-state index contributed by atoms with van der Waals surface area (Å²) in [6.45, 7) is 7.73. The van der Waals surface area contributed by atoms with Crippen molar-refractivity contribution in [3.05, 3.63) is 35.8 Å². The highest BCUT2D eigenvalue weighted by Crippen LogP contribution is 2.21. The third-order valence-corrected chi connectivity index (χ3v) is 1.98. The molecule has 1 rings (SSSR count). The summed E-state index contributed by atoms with van der Waals surface area (Å²) < 4.78 is 0. The minimum absolute atomic E-state index is 0.498. The molecule has 0 radical (unpaired) electrons. The number of nitrogens with two attached hydrogens (primary N) is 1. The predicted molar refractivity (Wildman–Crippen MR) is 55.7 cm³/mol. The number of nitrogens with zero attached hydrogens (tertiary/aromatic N) is 2. The average Bonchev–Trinajstić information content (AvgIpc) is 2.16. The summed E-state index contributed by atoms with van der Waals surface area (Å²) in [6, 6.07) is 0. The van der Waals surface area contributed by atoms with E-state index in [1.807, 2.05) is 18.4 Å². The van der Waals surface area contributed by atoms with Crippen LogP contribution in [-0.4, -0.2) is 11.7 Å². The maximum absolute atomic E-state index is 5.46. The van der Waals surface area contributed by atoms with Gasteiger partial charge >= 0.3 is 0 Å². The Kier molecular flexibility index (Phi) is 2.90. The molecule has 0 aromatic rings. The lowest BCUT2D eigenvalue weighted by atomic mass is 10.0. The van der Waals surface area contributed by atoms with Gasteiger partial charge in [0.1, 0.15) is 0 Å². The third-order valence-electron chi connectivity index (χ3n) is 1.98. The first-order chi connectivity index (χ1) is 6.19. The Hall–Kier alpha value is -1.51. The molecule has 0 amide bonds. The minimum Gasteiger partial charge on any atom is -0.403 e. The molecule has 1 aliphatic heterocycles. The summed E-state index contributed by atoms with van der Waals surface area (Å²) in [5.41, 5.74) is 7.57. The van der Waals surface area contributed by atoms with Gasteiger partial charge in [0.2, 0.25) is 0 Å². The summed E-state index contributed by atoms with van der Waals surface area (Å²) in [5, 5.41) is 5.44. The molecule has 0 unspecified atom stereocenters. The van der Waals surface area contributed by atoms with E-state index >= 15 is 0 Å². The topological polar surface area (TPSA) is 41.6 Å². The maximum atomic E-state index is 5.46. The molecule has 0 spiro atoms. The Morgan fingerprint density at radius 1 is 1.62 bits per heavy atom. The van der Waals surface area contributed by atoms with Gasteiger partial charge in [-0.3, -0.25) is 0 Å². The van der Waals surface area contributed by atoms with E-state index in [-0.39, 0.29) is 0 Å². The van der Waals surface area contributed by atoms with Crippen molar-refractivity contribution in [1.29, 1.82) is 0 Å². The second-order valence-corrected chi connectivity index (χ2v) is 3.19. The van der Waals surface area contributed by atoms with E-state index in [2.05, 4.69) is 25.7 Å². The van der Waals surface area contributed by atoms with Gasteiger partial charge in [0, 0.05) is 19.1 Å². The molecule has 0 atom stereocenters. The van der Waals surface area contributed by atoms with Crippen molar-refractivity contribution in [1.82, 2.24) is 5.01 Å². The van der Waals surface area contributed by atoms with Crippen LogP contribution in [0.4, 0.5) is 0 Å². The number of hydrogen-bond donors (Lipinski definition) is 1. The Morgan fingerprint density at radius 2 is 2.31 bits per heavy atom. The van der Waals surface area contributed by atoms with Crippen molar-refractivity contribution in [2.24, 2.45) is 16.8 Å². The van der Waals surface area contributed by atoms with Gasteiger partial charge in [0.05, 0.1) is 5.70 Å². The van der Waals surface area contributed by atoms with Gasteiger partial charge in [0.15, 0.2) is 0 Å². The zero-order valence-corrected chi connectivity index (χ0v) is 8.07. The minimum atomic E-state index is 0.498. The quantitative estimate of drug-likeness (QED) is 0.654. The highest BCUT2D eigenvalue weighted by atomic mass is 15.4. The average molecular weight is 177 g/mol. The maximum Gasteiger partial charge on any atom is 0.0802 e. The standard InChI is InChI=1S/C10H15N3/c1-8(2)9-4-5-13(12-3)10(6-9)7-11/h4-8H,3,11H2,1-2H3/b10-7-. The normalized spacial score (nSPS) is 19.5. The molecule has 3 nitrogen and oxygen atoms in total. The fourth-order valence-electron chi connectivity index (χ4n) is 1.14. The van der Waals surface area contributed by atoms with Crippen LogP contribution in [0.15, 0.2) is 40.9 Å². The largest absolute Gasteiger partial charge is 0.403 e. The smallest absolute Gasteiger partial charge is 0.0802 e. The zero-order chi connectivity index (χ0) is 9.84. The van der Waals surface area contributed by atoms with Crippen LogP contribution in [0, 0.1) is 5.92 Å². The molecule has 0 aromatic heterocycles. The van der Waals surface area contributed by atoms with Gasteiger partial charge in [-0.1, -0.05) is 13.8 Å². The van der Waals surface area contributed by atoms with Gasteiger partial charge in [-0.25, -0.2) is 5.01 Å². The Bertz CT molecular complexity index is 285. The first-order valence-corrected chi connectivity index (χ1v) is 4.26. The van der Waals surface area contributed by atoms with Crippen LogP contribution in [-0.2, 0) is 0 Å². The fourth-order valence-corrected chi connectivity index (χ4v) is 1.14. The molecule has 0 saturated heterocycles. The van der Waals surface area contributed by atoms with Crippen LogP contribution in [0.2, 0.25) is 0 Å². The van der Waals surface area contributed by atoms with Crippen molar-refractivity contribution in [3.63, 3.8) is 0 Å². The molecule has 2 N–H and O–H groups in total. The molecular formula is C10H15N3. The van der Waals surface area contributed by atoms with E-state index in [1.165, 1.54) is 11.8 Å². The number of hydrogen-bond acceptors (Lipinski definition) is 3. The molecule has 3 heteroatoms. The van der Waals surface area contributed by atoms with Gasteiger partial charge < -0.3 is 5.73 Å². The highest BCUT2D eigenvalue weighted by Gasteiger charge is 2.10. The molecule has 0 aliphatic carbocycles. The van der Waals surface area contributed by atoms with E-state index in [0.29, 0.717) is 5.92 Å². The van der Waals surface area contributed by atoms with E-state index < -0.39 is 0 Å². The molecule has 1 heterocycles. The summed E-state index contributed by atoms with van der Waals surface area (Å²) in [7, 11) is 0. The SMILES string of the molecule is C=NN1C=CC(C(C)C)=C/C1=C/N. The molecule has 1 aliphatic rings. The van der Waals surface area contributed by atoms with Crippen molar-refractivity contribution in [3.8, 4) is 0 Å².